The molecule has 1 saturated heterocycles. The van der Waals surface area contributed by atoms with Gasteiger partial charge in [-0.25, -0.2) is 13.2 Å². The van der Waals surface area contributed by atoms with E-state index < -0.39 is 27.9 Å². The second-order valence-electron chi connectivity index (χ2n) is 8.36. The molecule has 1 fully saturated rings. The molecule has 2 amide bonds. The summed E-state index contributed by atoms with van der Waals surface area (Å²) in [6.07, 6.45) is -0.177. The van der Waals surface area contributed by atoms with Crippen molar-refractivity contribution in [2.24, 2.45) is 0 Å². The number of sulfonamides is 1. The zero-order valence-electron chi connectivity index (χ0n) is 19.5. The smallest absolute Gasteiger partial charge is 0.326 e. The molecule has 0 aromatic heterocycles. The largest absolute Gasteiger partial charge is 0.486 e. The number of ether oxygens (including phenoxy) is 2. The Balaban J connectivity index is 1.30. The predicted molar refractivity (Wildman–Crippen MR) is 127 cm³/mol. The maximum Gasteiger partial charge on any atom is 0.326 e. The standard InChI is InChI=1S/C24H27N3O8S/c28-22(9-7-19(24(30)31)25-23(29)17-4-2-1-3-5-17)26-10-12-27(13-11-26)36(32,33)18-6-8-20-21(16-18)35-15-14-34-20/h1-6,8,16,19H,7,9-15H2,(H,25,29)(H,30,31)/t19-/m0/s1. The van der Waals surface area contributed by atoms with Crippen LogP contribution in [0.5, 0.6) is 11.5 Å². The number of carboxylic acids is 1. The number of rotatable bonds is 8. The molecule has 2 heterocycles. The van der Waals surface area contributed by atoms with Crippen molar-refractivity contribution >= 4 is 27.8 Å². The maximum absolute atomic E-state index is 13.1. The molecular formula is C24H27N3O8S. The minimum Gasteiger partial charge on any atom is -0.486 e. The quantitative estimate of drug-likeness (QED) is 0.527. The molecule has 192 valence electrons. The van der Waals surface area contributed by atoms with Crippen LogP contribution in [-0.2, 0) is 19.6 Å². The first-order chi connectivity index (χ1) is 17.3. The van der Waals surface area contributed by atoms with E-state index in [1.165, 1.54) is 21.3 Å². The molecule has 0 saturated carbocycles. The van der Waals surface area contributed by atoms with Crippen molar-refractivity contribution in [1.82, 2.24) is 14.5 Å². The van der Waals surface area contributed by atoms with Crippen LogP contribution < -0.4 is 14.8 Å². The van der Waals surface area contributed by atoms with Crippen LogP contribution in [0.15, 0.2) is 53.4 Å². The van der Waals surface area contributed by atoms with Crippen LogP contribution in [0.4, 0.5) is 0 Å². The Hall–Kier alpha value is -3.64. The van der Waals surface area contributed by atoms with E-state index in [1.54, 1.807) is 36.4 Å². The molecular weight excluding hydrogens is 490 g/mol. The topological polar surface area (TPSA) is 143 Å². The van der Waals surface area contributed by atoms with Crippen LogP contribution in [0.1, 0.15) is 23.2 Å². The number of carboxylic acid groups (broad SMARTS) is 1. The van der Waals surface area contributed by atoms with Gasteiger partial charge in [-0.15, -0.1) is 0 Å². The lowest BCUT2D eigenvalue weighted by atomic mass is 10.1. The summed E-state index contributed by atoms with van der Waals surface area (Å²) in [4.78, 5) is 38.2. The number of hydrogen-bond acceptors (Lipinski definition) is 7. The molecule has 0 unspecified atom stereocenters. The third-order valence-electron chi connectivity index (χ3n) is 6.03. The van der Waals surface area contributed by atoms with Crippen LogP contribution in [0.2, 0.25) is 0 Å². The molecule has 2 N–H and O–H groups in total. The summed E-state index contributed by atoms with van der Waals surface area (Å²) in [6, 6.07) is 11.5. The molecule has 0 radical (unpaired) electrons. The highest BCUT2D eigenvalue weighted by atomic mass is 32.2. The van der Waals surface area contributed by atoms with Gasteiger partial charge in [0.1, 0.15) is 19.3 Å². The fraction of sp³-hybridized carbons (Fsp3) is 0.375. The van der Waals surface area contributed by atoms with E-state index >= 15 is 0 Å². The molecule has 36 heavy (non-hydrogen) atoms. The van der Waals surface area contributed by atoms with Gasteiger partial charge in [0.15, 0.2) is 11.5 Å². The third-order valence-corrected chi connectivity index (χ3v) is 7.92. The Morgan fingerprint density at radius 3 is 2.28 bits per heavy atom. The Morgan fingerprint density at radius 2 is 1.61 bits per heavy atom. The van der Waals surface area contributed by atoms with Gasteiger partial charge in [0.05, 0.1) is 4.90 Å². The van der Waals surface area contributed by atoms with Crippen molar-refractivity contribution in [2.45, 2.75) is 23.8 Å². The van der Waals surface area contributed by atoms with E-state index in [0.717, 1.165) is 0 Å². The predicted octanol–water partition coefficient (Wildman–Crippen LogP) is 0.954. The molecule has 2 aromatic carbocycles. The van der Waals surface area contributed by atoms with Gasteiger partial charge in [-0.05, 0) is 30.7 Å². The van der Waals surface area contributed by atoms with Crippen LogP contribution in [0.25, 0.3) is 0 Å². The highest BCUT2D eigenvalue weighted by molar-refractivity contribution is 7.89. The summed E-state index contributed by atoms with van der Waals surface area (Å²) >= 11 is 0. The SMILES string of the molecule is O=C(N[C@@H](CCC(=O)N1CCN(S(=O)(=O)c2ccc3c(c2)OCCO3)CC1)C(=O)O)c1ccccc1. The van der Waals surface area contributed by atoms with E-state index in [9.17, 15) is 27.9 Å². The Kier molecular flexibility index (Phi) is 7.75. The lowest BCUT2D eigenvalue weighted by Crippen LogP contribution is -2.50. The van der Waals surface area contributed by atoms with Gasteiger partial charge in [0.2, 0.25) is 15.9 Å². The second kappa shape index (κ2) is 11.0. The summed E-state index contributed by atoms with van der Waals surface area (Å²) < 4.78 is 38.4. The van der Waals surface area contributed by atoms with Gasteiger partial charge in [-0.3, -0.25) is 9.59 Å². The molecule has 0 bridgehead atoms. The molecule has 12 heteroatoms. The Labute approximate surface area is 208 Å². The first-order valence-corrected chi connectivity index (χ1v) is 13.0. The number of benzene rings is 2. The normalized spacial score (nSPS) is 16.7. The number of carbonyl (C=O) groups excluding carboxylic acids is 2. The van der Waals surface area contributed by atoms with Crippen molar-refractivity contribution in [2.75, 3.05) is 39.4 Å². The van der Waals surface area contributed by atoms with E-state index in [-0.39, 0.29) is 49.8 Å². The van der Waals surface area contributed by atoms with Gasteiger partial charge in [0.25, 0.3) is 5.91 Å². The number of fused-ring (bicyclic) bond motifs is 1. The number of aliphatic carboxylic acids is 1. The van der Waals surface area contributed by atoms with E-state index in [2.05, 4.69) is 5.32 Å². The average molecular weight is 518 g/mol. The summed E-state index contributed by atoms with van der Waals surface area (Å²) in [6.45, 7) is 1.32. The average Bonchev–Trinajstić information content (AvgIpc) is 2.90. The Morgan fingerprint density at radius 1 is 0.944 bits per heavy atom. The zero-order chi connectivity index (χ0) is 25.7. The number of nitrogens with zero attached hydrogens (tertiary/aromatic N) is 2. The van der Waals surface area contributed by atoms with E-state index in [4.69, 9.17) is 9.47 Å². The van der Waals surface area contributed by atoms with Gasteiger partial charge in [0, 0.05) is 44.2 Å². The lowest BCUT2D eigenvalue weighted by Gasteiger charge is -2.34. The van der Waals surface area contributed by atoms with Crippen LogP contribution in [0, 0.1) is 0 Å². The highest BCUT2D eigenvalue weighted by Crippen LogP contribution is 2.33. The minimum absolute atomic E-state index is 0.0809. The minimum atomic E-state index is -3.79. The number of piperazine rings is 1. The van der Waals surface area contributed by atoms with Crippen molar-refractivity contribution in [3.63, 3.8) is 0 Å². The lowest BCUT2D eigenvalue weighted by molar-refractivity contribution is -0.139. The first-order valence-electron chi connectivity index (χ1n) is 11.5. The number of nitrogens with one attached hydrogen (secondary N) is 1. The zero-order valence-corrected chi connectivity index (χ0v) is 20.3. The summed E-state index contributed by atoms with van der Waals surface area (Å²) in [7, 11) is -3.79. The van der Waals surface area contributed by atoms with Crippen LogP contribution in [-0.4, -0.2) is 85.9 Å². The summed E-state index contributed by atoms with van der Waals surface area (Å²) in [5, 5.41) is 11.9. The number of carbonyl (C=O) groups is 3. The molecule has 0 spiro atoms. The highest BCUT2D eigenvalue weighted by Gasteiger charge is 2.31. The van der Waals surface area contributed by atoms with E-state index in [0.29, 0.717) is 30.3 Å². The third kappa shape index (κ3) is 5.77. The van der Waals surface area contributed by atoms with Crippen molar-refractivity contribution in [3.05, 3.63) is 54.1 Å². The molecule has 0 aliphatic carbocycles. The summed E-state index contributed by atoms with van der Waals surface area (Å²) in [5.74, 6) is -1.19. The molecule has 2 aromatic rings. The molecule has 1 atom stereocenters. The van der Waals surface area contributed by atoms with Crippen molar-refractivity contribution in [3.8, 4) is 11.5 Å². The molecule has 2 aliphatic rings. The van der Waals surface area contributed by atoms with Crippen molar-refractivity contribution in [1.29, 1.82) is 0 Å². The first kappa shape index (κ1) is 25.5. The molecule has 2 aliphatic heterocycles. The van der Waals surface area contributed by atoms with Crippen LogP contribution >= 0.6 is 0 Å². The Bertz CT molecular complexity index is 1230. The number of amides is 2. The monoisotopic (exact) mass is 517 g/mol. The van der Waals surface area contributed by atoms with Gasteiger partial charge >= 0.3 is 5.97 Å². The van der Waals surface area contributed by atoms with Crippen molar-refractivity contribution < 1.29 is 37.4 Å². The van der Waals surface area contributed by atoms with Gasteiger partial charge < -0.3 is 24.8 Å². The molecule has 11 nitrogen and oxygen atoms in total. The van der Waals surface area contributed by atoms with Crippen LogP contribution in [0.3, 0.4) is 0 Å². The van der Waals surface area contributed by atoms with E-state index in [1.807, 2.05) is 0 Å². The fourth-order valence-corrected chi connectivity index (χ4v) is 5.46. The van der Waals surface area contributed by atoms with Gasteiger partial charge in [-0.1, -0.05) is 18.2 Å². The molecule has 4 rings (SSSR count). The second-order valence-corrected chi connectivity index (χ2v) is 10.3. The number of hydrogen-bond donors (Lipinski definition) is 2. The maximum atomic E-state index is 13.1. The summed E-state index contributed by atoms with van der Waals surface area (Å²) in [5.41, 5.74) is 0.324. The van der Waals surface area contributed by atoms with Gasteiger partial charge in [-0.2, -0.15) is 4.31 Å². The fourth-order valence-electron chi connectivity index (χ4n) is 4.03.